The van der Waals surface area contributed by atoms with Crippen molar-refractivity contribution in [1.29, 1.82) is 5.41 Å². The van der Waals surface area contributed by atoms with Gasteiger partial charge >= 0.3 is 0 Å². The third-order valence-electron chi connectivity index (χ3n) is 4.24. The van der Waals surface area contributed by atoms with Crippen molar-refractivity contribution in [2.75, 3.05) is 42.9 Å². The maximum Gasteiger partial charge on any atom is 0.167 e. The number of rotatable bonds is 4. The van der Waals surface area contributed by atoms with E-state index >= 15 is 0 Å². The first kappa shape index (κ1) is 20.2. The zero-order chi connectivity index (χ0) is 20.5. The standard InChI is InChI=1S/C18H23FN6O2S/c1-11-10-27-5-4-25(11)17-8-16(24-28(2,3)26)22-18(23-17)13-6-12(19)7-15(21)14(13)9-20/h6-9,11,20H,4-5,10,21H2,1-3H3/t11-/m1/s1. The molecule has 1 saturated heterocycles. The van der Waals surface area contributed by atoms with Crippen LogP contribution in [0.25, 0.3) is 11.4 Å². The first-order chi connectivity index (χ1) is 13.2. The molecule has 1 aliphatic rings. The highest BCUT2D eigenvalue weighted by molar-refractivity contribution is 7.92. The first-order valence-corrected chi connectivity index (χ1v) is 11.0. The lowest BCUT2D eigenvalue weighted by Gasteiger charge is -2.34. The Morgan fingerprint density at radius 1 is 1.39 bits per heavy atom. The molecule has 0 radical (unpaired) electrons. The summed E-state index contributed by atoms with van der Waals surface area (Å²) in [6, 6.07) is 4.10. The molecule has 0 spiro atoms. The Morgan fingerprint density at radius 3 is 2.79 bits per heavy atom. The number of halogens is 1. The molecule has 8 nitrogen and oxygen atoms in total. The zero-order valence-electron chi connectivity index (χ0n) is 16.0. The highest BCUT2D eigenvalue weighted by atomic mass is 32.2. The average molecular weight is 406 g/mol. The molecule has 0 aliphatic carbocycles. The van der Waals surface area contributed by atoms with Gasteiger partial charge in [0.05, 0.1) is 19.3 Å². The summed E-state index contributed by atoms with van der Waals surface area (Å²) in [4.78, 5) is 11.0. The van der Waals surface area contributed by atoms with Crippen molar-refractivity contribution in [3.8, 4) is 11.4 Å². The van der Waals surface area contributed by atoms with Gasteiger partial charge < -0.3 is 20.8 Å². The maximum atomic E-state index is 14.0. The molecule has 10 heteroatoms. The predicted molar refractivity (Wildman–Crippen MR) is 109 cm³/mol. The second-order valence-electron chi connectivity index (χ2n) is 6.90. The van der Waals surface area contributed by atoms with Gasteiger partial charge in [-0.15, -0.1) is 0 Å². The van der Waals surface area contributed by atoms with Crippen LogP contribution in [0.5, 0.6) is 0 Å². The average Bonchev–Trinajstić information content (AvgIpc) is 2.59. The Morgan fingerprint density at radius 2 is 2.14 bits per heavy atom. The highest BCUT2D eigenvalue weighted by Gasteiger charge is 2.23. The lowest BCUT2D eigenvalue weighted by atomic mass is 10.1. The van der Waals surface area contributed by atoms with Crippen molar-refractivity contribution >= 4 is 33.3 Å². The van der Waals surface area contributed by atoms with Crippen LogP contribution in [0, 0.1) is 11.2 Å². The molecule has 1 aromatic heterocycles. The molecule has 1 aromatic carbocycles. The van der Waals surface area contributed by atoms with E-state index < -0.39 is 15.5 Å². The van der Waals surface area contributed by atoms with Crippen molar-refractivity contribution in [3.05, 3.63) is 29.6 Å². The minimum atomic E-state index is -2.47. The Labute approximate surface area is 163 Å². The van der Waals surface area contributed by atoms with Gasteiger partial charge in [-0.2, -0.15) is 4.36 Å². The fraction of sp³-hybridized carbons (Fsp3) is 0.389. The maximum absolute atomic E-state index is 14.0. The topological polar surface area (TPSA) is 118 Å². The smallest absolute Gasteiger partial charge is 0.167 e. The van der Waals surface area contributed by atoms with Crippen LogP contribution >= 0.6 is 0 Å². The molecule has 150 valence electrons. The molecule has 1 atom stereocenters. The van der Waals surface area contributed by atoms with Crippen LogP contribution in [-0.2, 0) is 14.5 Å². The van der Waals surface area contributed by atoms with E-state index in [0.717, 1.165) is 12.3 Å². The molecule has 0 bridgehead atoms. The van der Waals surface area contributed by atoms with Crippen molar-refractivity contribution in [2.45, 2.75) is 13.0 Å². The lowest BCUT2D eigenvalue weighted by Crippen LogP contribution is -2.44. The van der Waals surface area contributed by atoms with Gasteiger partial charge in [0.15, 0.2) is 11.6 Å². The molecule has 3 N–H and O–H groups in total. The fourth-order valence-corrected chi connectivity index (χ4v) is 3.56. The van der Waals surface area contributed by atoms with Crippen molar-refractivity contribution in [2.24, 2.45) is 4.36 Å². The van der Waals surface area contributed by atoms with Gasteiger partial charge in [-0.25, -0.2) is 18.6 Å². The minimum Gasteiger partial charge on any atom is -0.398 e. The lowest BCUT2D eigenvalue weighted by molar-refractivity contribution is 0.0985. The number of anilines is 2. The van der Waals surface area contributed by atoms with E-state index in [4.69, 9.17) is 15.9 Å². The highest BCUT2D eigenvalue weighted by Crippen LogP contribution is 2.30. The number of ether oxygens (including phenoxy) is 1. The van der Waals surface area contributed by atoms with E-state index in [0.29, 0.717) is 31.1 Å². The normalized spacial score (nSPS) is 17.4. The van der Waals surface area contributed by atoms with E-state index in [2.05, 4.69) is 14.3 Å². The van der Waals surface area contributed by atoms with E-state index in [1.165, 1.54) is 18.6 Å². The van der Waals surface area contributed by atoms with Gasteiger partial charge in [0.1, 0.15) is 11.6 Å². The van der Waals surface area contributed by atoms with Crippen LogP contribution in [-0.4, -0.2) is 58.7 Å². The molecule has 1 aliphatic heterocycles. The summed E-state index contributed by atoms with van der Waals surface area (Å²) in [5, 5.41) is 7.65. The van der Waals surface area contributed by atoms with Gasteiger partial charge in [-0.3, -0.25) is 0 Å². The molecule has 2 heterocycles. The predicted octanol–water partition coefficient (Wildman–Crippen LogP) is 2.45. The minimum absolute atomic E-state index is 0.0664. The summed E-state index contributed by atoms with van der Waals surface area (Å²) in [6.45, 7) is 3.72. The molecule has 0 saturated carbocycles. The molecule has 3 rings (SSSR count). The summed E-state index contributed by atoms with van der Waals surface area (Å²) < 4.78 is 35.9. The third-order valence-corrected chi connectivity index (χ3v) is 4.86. The van der Waals surface area contributed by atoms with Gasteiger partial charge in [0.25, 0.3) is 0 Å². The molecular formula is C18H23FN6O2S. The van der Waals surface area contributed by atoms with Gasteiger partial charge in [0, 0.05) is 57.9 Å². The summed E-state index contributed by atoms with van der Waals surface area (Å²) >= 11 is 0. The van der Waals surface area contributed by atoms with E-state index in [1.807, 2.05) is 11.8 Å². The first-order valence-electron chi connectivity index (χ1n) is 8.68. The van der Waals surface area contributed by atoms with Crippen LogP contribution in [0.4, 0.5) is 21.7 Å². The molecule has 1 fully saturated rings. The van der Waals surface area contributed by atoms with Crippen LogP contribution in [0.1, 0.15) is 12.5 Å². The Kier molecular flexibility index (Phi) is 5.61. The largest absolute Gasteiger partial charge is 0.398 e. The van der Waals surface area contributed by atoms with Gasteiger partial charge in [-0.1, -0.05) is 0 Å². The number of nitrogen functional groups attached to an aromatic ring is 1. The van der Waals surface area contributed by atoms with E-state index in [9.17, 15) is 8.60 Å². The van der Waals surface area contributed by atoms with Crippen molar-refractivity contribution < 1.29 is 13.3 Å². The summed E-state index contributed by atoms with van der Waals surface area (Å²) in [6.07, 6.45) is 4.06. The van der Waals surface area contributed by atoms with Gasteiger partial charge in [-0.05, 0) is 19.1 Å². The molecular weight excluding hydrogens is 383 g/mol. The summed E-state index contributed by atoms with van der Waals surface area (Å²) in [7, 11) is -2.47. The van der Waals surface area contributed by atoms with Crippen LogP contribution in [0.15, 0.2) is 22.6 Å². The van der Waals surface area contributed by atoms with Crippen LogP contribution < -0.4 is 10.6 Å². The molecule has 28 heavy (non-hydrogen) atoms. The third kappa shape index (κ3) is 4.45. The number of morpholine rings is 1. The monoisotopic (exact) mass is 406 g/mol. The number of hydrogen-bond donors (Lipinski definition) is 2. The summed E-state index contributed by atoms with van der Waals surface area (Å²) in [5.74, 6) is 0.415. The van der Waals surface area contributed by atoms with Crippen molar-refractivity contribution in [3.63, 3.8) is 0 Å². The van der Waals surface area contributed by atoms with Crippen LogP contribution in [0.3, 0.4) is 0 Å². The molecule has 2 aromatic rings. The summed E-state index contributed by atoms with van der Waals surface area (Å²) in [5.41, 5.74) is 6.58. The Hall–Kier alpha value is -2.59. The fourth-order valence-electron chi connectivity index (χ4n) is 3.01. The quantitative estimate of drug-likeness (QED) is 0.595. The number of nitrogens with zero attached hydrogens (tertiary/aromatic N) is 4. The molecule has 0 amide bonds. The second-order valence-corrected chi connectivity index (χ2v) is 9.44. The van der Waals surface area contributed by atoms with E-state index in [-0.39, 0.29) is 28.9 Å². The zero-order valence-corrected chi connectivity index (χ0v) is 16.8. The number of benzene rings is 1. The van der Waals surface area contributed by atoms with Crippen molar-refractivity contribution in [1.82, 2.24) is 9.97 Å². The number of aromatic nitrogens is 2. The number of hydrogen-bond acceptors (Lipinski definition) is 8. The molecule has 0 unspecified atom stereocenters. The second kappa shape index (κ2) is 7.80. The Bertz CT molecular complexity index is 1030. The van der Waals surface area contributed by atoms with Crippen LogP contribution in [0.2, 0.25) is 0 Å². The number of nitrogens with one attached hydrogen (secondary N) is 1. The number of nitrogens with two attached hydrogens (primary N) is 1. The SMILES string of the molecule is C[C@@H]1COCCN1c1cc(N=S(C)(C)=O)nc(-c2cc(F)cc(N)c2C=N)n1. The Balaban J connectivity index is 2.24. The van der Waals surface area contributed by atoms with Gasteiger partial charge in [0.2, 0.25) is 0 Å². The van der Waals surface area contributed by atoms with E-state index in [1.54, 1.807) is 6.07 Å².